The minimum absolute atomic E-state index is 0.0723. The van der Waals surface area contributed by atoms with Crippen molar-refractivity contribution in [3.05, 3.63) is 49.6 Å². The molecule has 0 amide bonds. The highest BCUT2D eigenvalue weighted by Gasteiger charge is 2.25. The molecule has 1 aliphatic rings. The number of nitrogens with one attached hydrogen (secondary N) is 1. The van der Waals surface area contributed by atoms with Crippen LogP contribution in [0.1, 0.15) is 29.0 Å². The van der Waals surface area contributed by atoms with E-state index in [9.17, 15) is 0 Å². The Kier molecular flexibility index (Phi) is 4.22. The first-order valence-electron chi connectivity index (χ1n) is 6.62. The number of hydrogen-bond acceptors (Lipinski definition) is 3. The van der Waals surface area contributed by atoms with E-state index in [1.807, 2.05) is 18.2 Å². The second-order valence-corrected chi connectivity index (χ2v) is 6.90. The number of ether oxygens (including phenoxy) is 1. The van der Waals surface area contributed by atoms with E-state index in [2.05, 4.69) is 18.3 Å². The molecule has 2 aromatic rings. The monoisotopic (exact) mass is 327 g/mol. The highest BCUT2D eigenvalue weighted by atomic mass is 35.5. The number of thiophene rings is 1. The summed E-state index contributed by atoms with van der Waals surface area (Å²) in [4.78, 5) is 1.18. The van der Waals surface area contributed by atoms with Gasteiger partial charge in [0.1, 0.15) is 5.75 Å². The van der Waals surface area contributed by atoms with Crippen LogP contribution in [0, 0.1) is 0 Å². The topological polar surface area (TPSA) is 21.3 Å². The molecule has 3 rings (SSSR count). The molecule has 0 saturated carbocycles. The fraction of sp³-hybridized carbons (Fsp3) is 0.333. The van der Waals surface area contributed by atoms with Gasteiger partial charge < -0.3 is 10.1 Å². The maximum absolute atomic E-state index is 6.26. The Morgan fingerprint density at radius 1 is 1.35 bits per heavy atom. The quantitative estimate of drug-likeness (QED) is 0.879. The lowest BCUT2D eigenvalue weighted by Gasteiger charge is -2.20. The van der Waals surface area contributed by atoms with Gasteiger partial charge in [-0.3, -0.25) is 0 Å². The summed E-state index contributed by atoms with van der Waals surface area (Å²) in [5.74, 6) is 0.977. The summed E-state index contributed by atoms with van der Waals surface area (Å²) < 4.78 is 6.61. The summed E-state index contributed by atoms with van der Waals surface area (Å²) in [5.41, 5.74) is 2.29. The maximum Gasteiger partial charge on any atom is 0.127 e. The molecule has 5 heteroatoms. The van der Waals surface area contributed by atoms with Gasteiger partial charge in [-0.05, 0) is 36.4 Å². The summed E-state index contributed by atoms with van der Waals surface area (Å²) in [6.07, 6.45) is 0.924. The van der Waals surface area contributed by atoms with Crippen LogP contribution in [0.4, 0.5) is 0 Å². The van der Waals surface area contributed by atoms with Crippen LogP contribution in [0.15, 0.2) is 24.3 Å². The Morgan fingerprint density at radius 3 is 2.90 bits per heavy atom. The van der Waals surface area contributed by atoms with Gasteiger partial charge in [0.15, 0.2) is 0 Å². The van der Waals surface area contributed by atoms with E-state index in [1.54, 1.807) is 11.3 Å². The van der Waals surface area contributed by atoms with Gasteiger partial charge in [-0.1, -0.05) is 30.1 Å². The van der Waals surface area contributed by atoms with Gasteiger partial charge in [-0.25, -0.2) is 0 Å². The van der Waals surface area contributed by atoms with Crippen LogP contribution in [-0.2, 0) is 6.42 Å². The maximum atomic E-state index is 6.26. The van der Waals surface area contributed by atoms with Crippen molar-refractivity contribution >= 4 is 34.5 Å². The van der Waals surface area contributed by atoms with Gasteiger partial charge in [0.2, 0.25) is 0 Å². The fourth-order valence-corrected chi connectivity index (χ4v) is 3.97. The lowest BCUT2D eigenvalue weighted by molar-refractivity contribution is 0.351. The molecule has 2 nitrogen and oxygen atoms in total. The van der Waals surface area contributed by atoms with E-state index in [0.29, 0.717) is 0 Å². The molecule has 1 aliphatic heterocycles. The summed E-state index contributed by atoms with van der Waals surface area (Å²) in [6.45, 7) is 3.68. The van der Waals surface area contributed by atoms with Gasteiger partial charge in [0, 0.05) is 21.9 Å². The Morgan fingerprint density at radius 2 is 2.20 bits per heavy atom. The van der Waals surface area contributed by atoms with E-state index in [4.69, 9.17) is 27.9 Å². The molecule has 20 heavy (non-hydrogen) atoms. The van der Waals surface area contributed by atoms with Gasteiger partial charge in [0.25, 0.3) is 0 Å². The summed E-state index contributed by atoms with van der Waals surface area (Å²) in [7, 11) is 0. The Labute approximate surface area is 132 Å². The largest absolute Gasteiger partial charge is 0.493 e. The first kappa shape index (κ1) is 14.2. The number of benzene rings is 1. The van der Waals surface area contributed by atoms with E-state index in [0.717, 1.165) is 40.2 Å². The molecule has 1 atom stereocenters. The normalized spacial score (nSPS) is 14.9. The van der Waals surface area contributed by atoms with E-state index >= 15 is 0 Å². The van der Waals surface area contributed by atoms with Crippen LogP contribution in [0.5, 0.6) is 5.75 Å². The van der Waals surface area contributed by atoms with Crippen molar-refractivity contribution in [1.29, 1.82) is 0 Å². The Balaban J connectivity index is 2.08. The molecule has 106 valence electrons. The molecule has 0 fully saturated rings. The van der Waals surface area contributed by atoms with Crippen LogP contribution in [0.25, 0.3) is 0 Å². The zero-order chi connectivity index (χ0) is 14.1. The molecule has 0 radical (unpaired) electrons. The smallest absolute Gasteiger partial charge is 0.127 e. The minimum Gasteiger partial charge on any atom is -0.493 e. The lowest BCUT2D eigenvalue weighted by atomic mass is 10.0. The van der Waals surface area contributed by atoms with Crippen molar-refractivity contribution in [2.24, 2.45) is 0 Å². The number of halogens is 2. The standard InChI is InChI=1S/C15H15Cl2NOS/c1-2-18-14(12-3-4-13(17)20-12)11-8-10(16)7-9-5-6-19-15(9)11/h3-4,7-8,14,18H,2,5-6H2,1H3. The van der Waals surface area contributed by atoms with Crippen molar-refractivity contribution in [2.75, 3.05) is 13.2 Å². The van der Waals surface area contributed by atoms with Crippen molar-refractivity contribution in [3.63, 3.8) is 0 Å². The molecule has 0 spiro atoms. The van der Waals surface area contributed by atoms with Crippen molar-refractivity contribution < 1.29 is 4.74 Å². The van der Waals surface area contributed by atoms with Gasteiger partial charge >= 0.3 is 0 Å². The van der Waals surface area contributed by atoms with Crippen LogP contribution >= 0.6 is 34.5 Å². The molecular weight excluding hydrogens is 313 g/mol. The van der Waals surface area contributed by atoms with Gasteiger partial charge in [-0.15, -0.1) is 11.3 Å². The van der Waals surface area contributed by atoms with Crippen LogP contribution in [-0.4, -0.2) is 13.2 Å². The molecule has 0 saturated heterocycles. The predicted molar refractivity (Wildman–Crippen MR) is 85.5 cm³/mol. The summed E-state index contributed by atoms with van der Waals surface area (Å²) >= 11 is 13.9. The Bertz CT molecular complexity index is 626. The summed E-state index contributed by atoms with van der Waals surface area (Å²) in [5, 5.41) is 4.26. The van der Waals surface area contributed by atoms with Crippen molar-refractivity contribution in [1.82, 2.24) is 5.32 Å². The highest BCUT2D eigenvalue weighted by Crippen LogP contribution is 2.40. The Hall–Kier alpha value is -0.740. The van der Waals surface area contributed by atoms with Gasteiger partial charge in [0.05, 0.1) is 17.0 Å². The van der Waals surface area contributed by atoms with Gasteiger partial charge in [-0.2, -0.15) is 0 Å². The van der Waals surface area contributed by atoms with E-state index < -0.39 is 0 Å². The van der Waals surface area contributed by atoms with E-state index in [1.165, 1.54) is 10.4 Å². The average Bonchev–Trinajstić information content (AvgIpc) is 3.03. The third-order valence-corrected chi connectivity index (χ3v) is 4.89. The van der Waals surface area contributed by atoms with Crippen LogP contribution in [0.3, 0.4) is 0 Å². The third kappa shape index (κ3) is 2.68. The molecular formula is C15H15Cl2NOS. The SMILES string of the molecule is CCNC(c1ccc(Cl)s1)c1cc(Cl)cc2c1OCC2. The molecule has 1 aromatic heterocycles. The first-order valence-corrected chi connectivity index (χ1v) is 8.20. The van der Waals surface area contributed by atoms with Crippen LogP contribution in [0.2, 0.25) is 9.36 Å². The minimum atomic E-state index is 0.0723. The number of rotatable bonds is 4. The molecule has 0 aliphatic carbocycles. The van der Waals surface area contributed by atoms with Crippen molar-refractivity contribution in [2.45, 2.75) is 19.4 Å². The second kappa shape index (κ2) is 5.94. The number of hydrogen-bond donors (Lipinski definition) is 1. The predicted octanol–water partition coefficient (Wildman–Crippen LogP) is 4.69. The number of fused-ring (bicyclic) bond motifs is 1. The molecule has 1 N–H and O–H groups in total. The lowest BCUT2D eigenvalue weighted by Crippen LogP contribution is -2.21. The molecule has 0 bridgehead atoms. The average molecular weight is 328 g/mol. The molecule has 1 aromatic carbocycles. The fourth-order valence-electron chi connectivity index (χ4n) is 2.56. The molecule has 1 unspecified atom stereocenters. The highest BCUT2D eigenvalue weighted by molar-refractivity contribution is 7.16. The molecule has 2 heterocycles. The second-order valence-electron chi connectivity index (χ2n) is 4.71. The van der Waals surface area contributed by atoms with Crippen LogP contribution < -0.4 is 10.1 Å². The third-order valence-electron chi connectivity index (χ3n) is 3.37. The first-order chi connectivity index (χ1) is 9.69. The van der Waals surface area contributed by atoms with E-state index in [-0.39, 0.29) is 6.04 Å². The summed E-state index contributed by atoms with van der Waals surface area (Å²) in [6, 6.07) is 8.05. The zero-order valence-corrected chi connectivity index (χ0v) is 13.4. The zero-order valence-electron chi connectivity index (χ0n) is 11.1. The van der Waals surface area contributed by atoms with Crippen molar-refractivity contribution in [3.8, 4) is 5.75 Å².